The second kappa shape index (κ2) is 4.51. The second-order valence-electron chi connectivity index (χ2n) is 4.91. The van der Waals surface area contributed by atoms with Crippen LogP contribution in [-0.4, -0.2) is 39.8 Å². The number of rotatable bonds is 1. The van der Waals surface area contributed by atoms with Crippen LogP contribution in [0.25, 0.3) is 5.65 Å². The number of hydrogen-bond donors (Lipinski definition) is 1. The summed E-state index contributed by atoms with van der Waals surface area (Å²) in [4.78, 5) is 6.85. The summed E-state index contributed by atoms with van der Waals surface area (Å²) in [5.41, 5.74) is 0.867. The zero-order valence-corrected chi connectivity index (χ0v) is 12.1. The van der Waals surface area contributed by atoms with Gasteiger partial charge in [-0.1, -0.05) is 0 Å². The van der Waals surface area contributed by atoms with E-state index in [1.54, 1.807) is 0 Å². The molecule has 96 valence electrons. The molecule has 0 aliphatic carbocycles. The van der Waals surface area contributed by atoms with Gasteiger partial charge in [0.05, 0.1) is 4.47 Å². The molecule has 3 rings (SSSR count). The van der Waals surface area contributed by atoms with E-state index in [1.165, 1.54) is 0 Å². The number of aromatic nitrogens is 3. The third-order valence-electron chi connectivity index (χ3n) is 3.14. The van der Waals surface area contributed by atoms with Crippen LogP contribution in [0.3, 0.4) is 0 Å². The Morgan fingerprint density at radius 3 is 2.72 bits per heavy atom. The Hall–Kier alpha value is -1.14. The zero-order chi connectivity index (χ0) is 12.7. The van der Waals surface area contributed by atoms with Gasteiger partial charge in [0.25, 0.3) is 0 Å². The van der Waals surface area contributed by atoms with Gasteiger partial charge in [-0.15, -0.1) is 5.10 Å². The maximum Gasteiger partial charge on any atom is 0.245 e. The van der Waals surface area contributed by atoms with E-state index in [0.29, 0.717) is 12.1 Å². The molecule has 0 radical (unpaired) electrons. The van der Waals surface area contributed by atoms with Crippen molar-refractivity contribution in [1.82, 2.24) is 19.9 Å². The van der Waals surface area contributed by atoms with E-state index in [1.807, 2.05) is 22.8 Å². The number of anilines is 1. The van der Waals surface area contributed by atoms with Gasteiger partial charge in [-0.3, -0.25) is 0 Å². The van der Waals surface area contributed by atoms with Gasteiger partial charge in [-0.05, 0) is 41.9 Å². The molecule has 0 aromatic carbocycles. The molecule has 2 aromatic rings. The summed E-state index contributed by atoms with van der Waals surface area (Å²) < 4.78 is 2.79. The number of fused-ring (bicyclic) bond motifs is 1. The summed E-state index contributed by atoms with van der Waals surface area (Å²) in [6, 6.07) is 4.86. The van der Waals surface area contributed by atoms with Crippen molar-refractivity contribution in [2.75, 3.05) is 18.0 Å². The quantitative estimate of drug-likeness (QED) is 0.870. The molecule has 0 spiro atoms. The van der Waals surface area contributed by atoms with Crippen molar-refractivity contribution < 1.29 is 0 Å². The minimum Gasteiger partial charge on any atom is -0.336 e. The maximum absolute atomic E-state index is 4.61. The summed E-state index contributed by atoms with van der Waals surface area (Å²) in [6.07, 6.45) is 1.92. The lowest BCUT2D eigenvalue weighted by atomic mass is 10.1. The monoisotopic (exact) mass is 309 g/mol. The van der Waals surface area contributed by atoms with Crippen LogP contribution in [0, 0.1) is 0 Å². The molecule has 0 amide bonds. The number of nitrogens with one attached hydrogen (secondary N) is 1. The highest BCUT2D eigenvalue weighted by atomic mass is 79.9. The standard InChI is InChI=1S/C12H16BrN5/c1-8-6-17(7-9(2)14-8)12-15-11-10(13)4-3-5-18(11)16-12/h3-5,8-9,14H,6-7H2,1-2H3. The molecule has 1 fully saturated rings. The molecule has 0 saturated carbocycles. The Balaban J connectivity index is 1.96. The normalized spacial score (nSPS) is 24.7. The lowest BCUT2D eigenvalue weighted by molar-refractivity contribution is 0.403. The lowest BCUT2D eigenvalue weighted by Gasteiger charge is -2.35. The van der Waals surface area contributed by atoms with Crippen molar-refractivity contribution in [3.63, 3.8) is 0 Å². The number of hydrogen-bond acceptors (Lipinski definition) is 4. The van der Waals surface area contributed by atoms with Crippen molar-refractivity contribution in [3.05, 3.63) is 22.8 Å². The predicted molar refractivity (Wildman–Crippen MR) is 75.0 cm³/mol. The van der Waals surface area contributed by atoms with Gasteiger partial charge in [-0.25, -0.2) is 4.52 Å². The highest BCUT2D eigenvalue weighted by molar-refractivity contribution is 9.10. The van der Waals surface area contributed by atoms with Gasteiger partial charge in [0.1, 0.15) is 0 Å². The molecule has 2 atom stereocenters. The van der Waals surface area contributed by atoms with Crippen LogP contribution in [0.2, 0.25) is 0 Å². The molecule has 1 N–H and O–H groups in total. The molecule has 2 unspecified atom stereocenters. The van der Waals surface area contributed by atoms with Crippen molar-refractivity contribution in [3.8, 4) is 0 Å². The molecule has 18 heavy (non-hydrogen) atoms. The molecule has 1 aliphatic rings. The van der Waals surface area contributed by atoms with Gasteiger partial charge < -0.3 is 10.2 Å². The largest absolute Gasteiger partial charge is 0.336 e. The number of halogens is 1. The van der Waals surface area contributed by atoms with E-state index in [2.05, 4.69) is 50.1 Å². The minimum atomic E-state index is 0.462. The first-order valence-electron chi connectivity index (χ1n) is 6.15. The lowest BCUT2D eigenvalue weighted by Crippen LogP contribution is -2.54. The smallest absolute Gasteiger partial charge is 0.245 e. The zero-order valence-electron chi connectivity index (χ0n) is 10.5. The molecule has 1 aliphatic heterocycles. The van der Waals surface area contributed by atoms with Crippen molar-refractivity contribution in [2.24, 2.45) is 0 Å². The first kappa shape index (κ1) is 11.9. The first-order valence-corrected chi connectivity index (χ1v) is 6.94. The molecular weight excluding hydrogens is 294 g/mol. The van der Waals surface area contributed by atoms with E-state index in [0.717, 1.165) is 29.2 Å². The predicted octanol–water partition coefficient (Wildman–Crippen LogP) is 1.68. The van der Waals surface area contributed by atoms with Gasteiger partial charge >= 0.3 is 0 Å². The minimum absolute atomic E-state index is 0.462. The Kier molecular flexibility index (Phi) is 2.99. The fraction of sp³-hybridized carbons (Fsp3) is 0.500. The van der Waals surface area contributed by atoms with Crippen LogP contribution < -0.4 is 10.2 Å². The number of pyridine rings is 1. The number of nitrogens with zero attached hydrogens (tertiary/aromatic N) is 4. The van der Waals surface area contributed by atoms with Gasteiger partial charge in [0, 0.05) is 31.4 Å². The van der Waals surface area contributed by atoms with E-state index in [9.17, 15) is 0 Å². The van der Waals surface area contributed by atoms with E-state index >= 15 is 0 Å². The van der Waals surface area contributed by atoms with Crippen LogP contribution in [0.1, 0.15) is 13.8 Å². The van der Waals surface area contributed by atoms with Crippen LogP contribution in [0.5, 0.6) is 0 Å². The van der Waals surface area contributed by atoms with Gasteiger partial charge in [-0.2, -0.15) is 4.98 Å². The third-order valence-corrected chi connectivity index (χ3v) is 3.76. The van der Waals surface area contributed by atoms with Crippen LogP contribution in [0.15, 0.2) is 22.8 Å². The molecule has 3 heterocycles. The van der Waals surface area contributed by atoms with E-state index in [4.69, 9.17) is 0 Å². The van der Waals surface area contributed by atoms with Crippen LogP contribution >= 0.6 is 15.9 Å². The molecule has 5 nitrogen and oxygen atoms in total. The second-order valence-corrected chi connectivity index (χ2v) is 5.76. The Bertz CT molecular complexity index is 557. The van der Waals surface area contributed by atoms with Crippen molar-refractivity contribution in [1.29, 1.82) is 0 Å². The SMILES string of the molecule is CC1CN(c2nc3c(Br)cccn3n2)CC(C)N1. The molecule has 6 heteroatoms. The summed E-state index contributed by atoms with van der Waals surface area (Å²) in [5.74, 6) is 0.808. The van der Waals surface area contributed by atoms with Gasteiger partial charge in [0.15, 0.2) is 5.65 Å². The van der Waals surface area contributed by atoms with Crippen molar-refractivity contribution >= 4 is 27.5 Å². The fourth-order valence-electron chi connectivity index (χ4n) is 2.49. The molecule has 2 aromatic heterocycles. The maximum atomic E-state index is 4.61. The van der Waals surface area contributed by atoms with Crippen molar-refractivity contribution in [2.45, 2.75) is 25.9 Å². The highest BCUT2D eigenvalue weighted by Gasteiger charge is 2.24. The summed E-state index contributed by atoms with van der Waals surface area (Å²) in [7, 11) is 0. The summed E-state index contributed by atoms with van der Waals surface area (Å²) in [6.45, 7) is 6.26. The Morgan fingerprint density at radius 2 is 2.06 bits per heavy atom. The topological polar surface area (TPSA) is 45.5 Å². The molecule has 1 saturated heterocycles. The van der Waals surface area contributed by atoms with Crippen LogP contribution in [0.4, 0.5) is 5.95 Å². The summed E-state index contributed by atoms with van der Waals surface area (Å²) in [5, 5.41) is 8.05. The average Bonchev–Trinajstić information content (AvgIpc) is 2.73. The first-order chi connectivity index (χ1) is 8.63. The molecule has 0 bridgehead atoms. The molecular formula is C12H16BrN5. The van der Waals surface area contributed by atoms with Gasteiger partial charge in [0.2, 0.25) is 5.95 Å². The third kappa shape index (κ3) is 2.10. The highest BCUT2D eigenvalue weighted by Crippen LogP contribution is 2.20. The average molecular weight is 310 g/mol. The van der Waals surface area contributed by atoms with E-state index in [-0.39, 0.29) is 0 Å². The Labute approximate surface area is 114 Å². The van der Waals surface area contributed by atoms with Crippen LogP contribution in [-0.2, 0) is 0 Å². The summed E-state index contributed by atoms with van der Waals surface area (Å²) >= 11 is 3.50. The number of piperazine rings is 1. The Morgan fingerprint density at radius 1 is 1.33 bits per heavy atom. The fourth-order valence-corrected chi connectivity index (χ4v) is 2.91. The van der Waals surface area contributed by atoms with E-state index < -0.39 is 0 Å².